The van der Waals surface area contributed by atoms with Crippen molar-refractivity contribution in [2.24, 2.45) is 5.41 Å². The molecule has 1 heterocycles. The van der Waals surface area contributed by atoms with Crippen LogP contribution in [0.1, 0.15) is 67.9 Å². The largest absolute Gasteiger partial charge is 0.469 e. The fourth-order valence-electron chi connectivity index (χ4n) is 5.21. The number of nitrogens with one attached hydrogen (secondary N) is 1. The summed E-state index contributed by atoms with van der Waals surface area (Å²) in [5.74, 6) is 0.0764. The molecule has 3 rings (SSSR count). The van der Waals surface area contributed by atoms with Gasteiger partial charge >= 0.3 is 12.2 Å². The van der Waals surface area contributed by atoms with E-state index in [2.05, 4.69) is 5.32 Å². The zero-order valence-electron chi connectivity index (χ0n) is 25.7. The lowest BCUT2D eigenvalue weighted by atomic mass is 9.72. The molecule has 0 aliphatic carbocycles. The number of β-lactam (4-membered cyclic amide) rings is 1. The van der Waals surface area contributed by atoms with E-state index >= 15 is 0 Å². The Bertz CT molecular complexity index is 1230. The Labute approximate surface area is 252 Å². The number of carbonyl (C=O) groups excluding carboxylic acids is 3. The minimum absolute atomic E-state index is 0.0782. The molecular formula is C32H43F3N4O4. The summed E-state index contributed by atoms with van der Waals surface area (Å²) in [4.78, 5) is 44.1. The van der Waals surface area contributed by atoms with Gasteiger partial charge in [-0.05, 0) is 95.1 Å². The van der Waals surface area contributed by atoms with Crippen molar-refractivity contribution in [2.75, 3.05) is 40.3 Å². The van der Waals surface area contributed by atoms with E-state index in [0.717, 1.165) is 29.1 Å². The highest BCUT2D eigenvalue weighted by Gasteiger charge is 2.62. The van der Waals surface area contributed by atoms with Gasteiger partial charge in [0.25, 0.3) is 5.91 Å². The van der Waals surface area contributed by atoms with Gasteiger partial charge in [0, 0.05) is 31.7 Å². The smallest absolute Gasteiger partial charge is 0.416 e. The highest BCUT2D eigenvalue weighted by Crippen LogP contribution is 2.46. The second-order valence-electron chi connectivity index (χ2n) is 11.1. The molecule has 0 unspecified atom stereocenters. The third-order valence-electron chi connectivity index (χ3n) is 8.12. The minimum Gasteiger partial charge on any atom is -0.469 e. The van der Waals surface area contributed by atoms with E-state index in [4.69, 9.17) is 4.74 Å². The molecule has 0 spiro atoms. The highest BCUT2D eigenvalue weighted by molar-refractivity contribution is 6.03. The molecule has 1 aliphatic heterocycles. The predicted molar refractivity (Wildman–Crippen MR) is 159 cm³/mol. The van der Waals surface area contributed by atoms with E-state index in [-0.39, 0.29) is 11.8 Å². The van der Waals surface area contributed by atoms with Crippen molar-refractivity contribution in [3.05, 3.63) is 65.2 Å². The van der Waals surface area contributed by atoms with Crippen LogP contribution in [0.15, 0.2) is 48.5 Å². The Kier molecular flexibility index (Phi) is 11.6. The second-order valence-corrected chi connectivity index (χ2v) is 11.1. The van der Waals surface area contributed by atoms with E-state index in [0.29, 0.717) is 63.1 Å². The number of unbranched alkanes of at least 4 members (excludes halogenated alkanes) is 1. The predicted octanol–water partition coefficient (Wildman–Crippen LogP) is 5.82. The van der Waals surface area contributed by atoms with Gasteiger partial charge in [-0.25, -0.2) is 9.69 Å². The van der Waals surface area contributed by atoms with Crippen LogP contribution in [0.4, 0.5) is 18.0 Å². The van der Waals surface area contributed by atoms with Crippen molar-refractivity contribution in [2.45, 2.75) is 65.3 Å². The van der Waals surface area contributed by atoms with Gasteiger partial charge in [0.05, 0.1) is 5.56 Å². The molecule has 2 aromatic carbocycles. The molecule has 0 aromatic heterocycles. The Morgan fingerprint density at radius 3 is 2.12 bits per heavy atom. The zero-order chi connectivity index (χ0) is 31.8. The van der Waals surface area contributed by atoms with Crippen molar-refractivity contribution < 1.29 is 32.3 Å². The van der Waals surface area contributed by atoms with Gasteiger partial charge < -0.3 is 19.9 Å². The summed E-state index contributed by atoms with van der Waals surface area (Å²) in [6.07, 6.45) is -2.35. The topological polar surface area (TPSA) is 82.2 Å². The lowest BCUT2D eigenvalue weighted by molar-refractivity contribution is -0.190. The molecule has 0 saturated carbocycles. The SMILES string of the molecule is CCN(CCN(C)C)C(=O)c1ccc(O[C@@H]2N(C(=O)NCCCCc3ccc(C(F)(F)F)cc3)C(=O)C2(CC)CC)cc1. The number of urea groups is 1. The number of carbonyl (C=O) groups is 3. The first-order valence-corrected chi connectivity index (χ1v) is 14.9. The molecule has 236 valence electrons. The van der Waals surface area contributed by atoms with Crippen LogP contribution in [-0.2, 0) is 17.4 Å². The van der Waals surface area contributed by atoms with Crippen molar-refractivity contribution in [1.82, 2.24) is 20.0 Å². The summed E-state index contributed by atoms with van der Waals surface area (Å²) in [6.45, 7) is 7.98. The summed E-state index contributed by atoms with van der Waals surface area (Å²) >= 11 is 0. The summed E-state index contributed by atoms with van der Waals surface area (Å²) in [5.41, 5.74) is -0.205. The van der Waals surface area contributed by atoms with Crippen LogP contribution in [0.3, 0.4) is 0 Å². The van der Waals surface area contributed by atoms with Gasteiger partial charge in [-0.3, -0.25) is 9.59 Å². The number of amides is 4. The Morgan fingerprint density at radius 2 is 1.58 bits per heavy atom. The van der Waals surface area contributed by atoms with Crippen molar-refractivity contribution in [3.8, 4) is 5.75 Å². The fraction of sp³-hybridized carbons (Fsp3) is 0.531. The van der Waals surface area contributed by atoms with E-state index in [1.165, 1.54) is 12.1 Å². The lowest BCUT2D eigenvalue weighted by Crippen LogP contribution is -2.73. The number of halogens is 3. The lowest BCUT2D eigenvalue weighted by Gasteiger charge is -2.53. The molecule has 0 bridgehead atoms. The first kappa shape index (κ1) is 33.9. The molecule has 43 heavy (non-hydrogen) atoms. The van der Waals surface area contributed by atoms with Crippen LogP contribution in [0.25, 0.3) is 0 Å². The number of hydrogen-bond donors (Lipinski definition) is 1. The van der Waals surface area contributed by atoms with E-state index in [1.54, 1.807) is 29.2 Å². The number of imide groups is 1. The third-order valence-corrected chi connectivity index (χ3v) is 8.12. The van der Waals surface area contributed by atoms with Gasteiger partial charge in [0.15, 0.2) is 6.23 Å². The summed E-state index contributed by atoms with van der Waals surface area (Å²) in [6, 6.07) is 11.3. The van der Waals surface area contributed by atoms with Gasteiger partial charge in [0.2, 0.25) is 5.91 Å². The van der Waals surface area contributed by atoms with Crippen LogP contribution in [-0.4, -0.2) is 79.0 Å². The van der Waals surface area contributed by atoms with E-state index < -0.39 is 29.4 Å². The maximum atomic E-state index is 13.2. The molecular weight excluding hydrogens is 561 g/mol. The van der Waals surface area contributed by atoms with Crippen LogP contribution in [0, 0.1) is 5.41 Å². The molecule has 1 fully saturated rings. The number of likely N-dealkylation sites (N-methyl/N-ethyl adjacent to an activating group) is 2. The van der Waals surface area contributed by atoms with Crippen molar-refractivity contribution in [1.29, 1.82) is 0 Å². The summed E-state index contributed by atoms with van der Waals surface area (Å²) < 4.78 is 44.5. The number of aryl methyl sites for hydroxylation is 1. The first-order valence-electron chi connectivity index (χ1n) is 14.9. The van der Waals surface area contributed by atoms with Crippen molar-refractivity contribution in [3.63, 3.8) is 0 Å². The van der Waals surface area contributed by atoms with Gasteiger partial charge in [-0.2, -0.15) is 13.2 Å². The van der Waals surface area contributed by atoms with Crippen LogP contribution in [0.2, 0.25) is 0 Å². The molecule has 0 radical (unpaired) electrons. The molecule has 1 aliphatic rings. The van der Waals surface area contributed by atoms with Gasteiger partial charge in [0.1, 0.15) is 11.2 Å². The van der Waals surface area contributed by atoms with Gasteiger partial charge in [-0.1, -0.05) is 26.0 Å². The van der Waals surface area contributed by atoms with E-state index in [9.17, 15) is 27.6 Å². The van der Waals surface area contributed by atoms with E-state index in [1.807, 2.05) is 39.8 Å². The third kappa shape index (κ3) is 8.07. The summed E-state index contributed by atoms with van der Waals surface area (Å²) in [5, 5.41) is 2.78. The van der Waals surface area contributed by atoms with Crippen LogP contribution in [0.5, 0.6) is 5.75 Å². The number of ether oxygens (including phenoxy) is 1. The Hall–Kier alpha value is -3.60. The zero-order valence-corrected chi connectivity index (χ0v) is 25.7. The molecule has 4 amide bonds. The minimum atomic E-state index is -4.36. The standard InChI is InChI=1S/C32H43F3N4O4/c1-6-31(7-2)28(41)39(30(42)36-20-10-9-11-23-12-16-25(17-13-23)32(33,34)35)29(31)43-26-18-14-24(15-19-26)27(40)38(8-3)22-21-37(4)5/h12-19,29H,6-11,20-22H2,1-5H3,(H,36,42)/t29-/m0/s1. The summed E-state index contributed by atoms with van der Waals surface area (Å²) in [7, 11) is 3.91. The average Bonchev–Trinajstić information content (AvgIpc) is 2.97. The average molecular weight is 605 g/mol. The monoisotopic (exact) mass is 604 g/mol. The number of hydrogen-bond acceptors (Lipinski definition) is 5. The number of alkyl halides is 3. The maximum absolute atomic E-state index is 13.2. The fourth-order valence-corrected chi connectivity index (χ4v) is 5.21. The molecule has 1 saturated heterocycles. The number of benzene rings is 2. The highest BCUT2D eigenvalue weighted by atomic mass is 19.4. The molecule has 1 atom stereocenters. The molecule has 1 N–H and O–H groups in total. The number of nitrogens with zero attached hydrogens (tertiary/aromatic N) is 3. The number of rotatable bonds is 14. The molecule has 2 aromatic rings. The second kappa shape index (κ2) is 14.7. The Balaban J connectivity index is 1.57. The maximum Gasteiger partial charge on any atom is 0.416 e. The Morgan fingerprint density at radius 1 is 0.953 bits per heavy atom. The van der Waals surface area contributed by atoms with Crippen LogP contribution < -0.4 is 10.1 Å². The quantitative estimate of drug-likeness (QED) is 0.217. The number of likely N-dealkylation sites (tertiary alicyclic amines) is 1. The first-order chi connectivity index (χ1) is 20.4. The normalized spacial score (nSPS) is 16.2. The van der Waals surface area contributed by atoms with Crippen LogP contribution >= 0.6 is 0 Å². The van der Waals surface area contributed by atoms with Gasteiger partial charge in [-0.15, -0.1) is 0 Å². The molecule has 8 nitrogen and oxygen atoms in total. The van der Waals surface area contributed by atoms with Crippen molar-refractivity contribution >= 4 is 17.8 Å². The molecule has 11 heteroatoms.